The zero-order valence-electron chi connectivity index (χ0n) is 19.4. The minimum Gasteiger partial charge on any atom is -0.612 e. The summed E-state index contributed by atoms with van der Waals surface area (Å²) in [5.41, 5.74) is 1.61. The fourth-order valence-electron chi connectivity index (χ4n) is 3.81. The van der Waals surface area contributed by atoms with Crippen molar-refractivity contribution in [3.05, 3.63) is 54.3 Å². The van der Waals surface area contributed by atoms with Gasteiger partial charge in [-0.3, -0.25) is 9.59 Å². The Morgan fingerprint density at radius 3 is 2.41 bits per heavy atom. The fraction of sp³-hybridized carbons (Fsp3) is 0.346. The van der Waals surface area contributed by atoms with Crippen molar-refractivity contribution in [2.45, 2.75) is 49.6 Å². The molecule has 8 heteroatoms. The molecule has 0 spiro atoms. The lowest BCUT2D eigenvalue weighted by atomic mass is 10.0. The molecule has 0 radical (unpaired) electrons. The Hall–Kier alpha value is -3.28. The number of carbonyl (C=O) groups is 2. The summed E-state index contributed by atoms with van der Waals surface area (Å²) in [5.74, 6) is -0.541. The zero-order valence-corrected chi connectivity index (χ0v) is 20.2. The lowest BCUT2D eigenvalue weighted by molar-refractivity contribution is -0.123. The number of hydrogen-bond donors (Lipinski definition) is 2. The van der Waals surface area contributed by atoms with Gasteiger partial charge < -0.3 is 19.6 Å². The number of nitriles is 1. The Bertz CT molecular complexity index is 1250. The Labute approximate surface area is 201 Å². The van der Waals surface area contributed by atoms with Crippen LogP contribution in [0.15, 0.2) is 57.8 Å². The molecule has 1 fully saturated rings. The average molecular weight is 478 g/mol. The third-order valence-corrected chi connectivity index (χ3v) is 6.85. The topological polar surface area (TPSA) is 118 Å². The quantitative estimate of drug-likeness (QED) is 0.473. The van der Waals surface area contributed by atoms with Crippen LogP contribution < -0.4 is 10.6 Å². The maximum absolute atomic E-state index is 12.9. The molecule has 3 aromatic rings. The molecule has 2 atom stereocenters. The van der Waals surface area contributed by atoms with Crippen LogP contribution in [0.4, 0.5) is 0 Å². The lowest BCUT2D eigenvalue weighted by Gasteiger charge is -2.21. The summed E-state index contributed by atoms with van der Waals surface area (Å²) >= 11 is -1.04. The zero-order chi connectivity index (χ0) is 24.5. The Balaban J connectivity index is 1.52. The van der Waals surface area contributed by atoms with E-state index in [0.717, 1.165) is 21.4 Å². The van der Waals surface area contributed by atoms with Crippen molar-refractivity contribution in [3.8, 4) is 17.2 Å². The monoisotopic (exact) mass is 477 g/mol. The molecule has 0 bridgehead atoms. The molecule has 1 saturated carbocycles. The standard InChI is InChI=1S/C26H27N3O4S/c1-16(2)12-21(24(30)29-26(15-27)10-11-26)28-25(31)23-14-19-5-4-18(13-22(19)33-23)17-6-8-20(9-7-17)34(3)32/h4-9,13-14,16,21H,10-12H2,1-3H3,(H,28,31)(H,29,30)/t21-,34?/m0/s1. The lowest BCUT2D eigenvalue weighted by Crippen LogP contribution is -2.50. The molecule has 1 unspecified atom stereocenters. The number of hydrogen-bond acceptors (Lipinski definition) is 5. The van der Waals surface area contributed by atoms with Crippen LogP contribution in [0, 0.1) is 17.2 Å². The fourth-order valence-corrected chi connectivity index (χ4v) is 4.33. The van der Waals surface area contributed by atoms with Gasteiger partial charge in [0.1, 0.15) is 23.4 Å². The summed E-state index contributed by atoms with van der Waals surface area (Å²) in [6.07, 6.45) is 3.34. The Morgan fingerprint density at radius 1 is 1.15 bits per heavy atom. The summed E-state index contributed by atoms with van der Waals surface area (Å²) in [6.45, 7) is 3.94. The van der Waals surface area contributed by atoms with Crippen molar-refractivity contribution in [1.82, 2.24) is 10.6 Å². The predicted octanol–water partition coefficient (Wildman–Crippen LogP) is 4.15. The van der Waals surface area contributed by atoms with Gasteiger partial charge in [0.05, 0.1) is 6.07 Å². The summed E-state index contributed by atoms with van der Waals surface area (Å²) in [5, 5.41) is 15.6. The molecule has 0 saturated heterocycles. The minimum absolute atomic E-state index is 0.117. The van der Waals surface area contributed by atoms with Gasteiger partial charge in [-0.2, -0.15) is 5.26 Å². The Kier molecular flexibility index (Phi) is 6.69. The van der Waals surface area contributed by atoms with Gasteiger partial charge in [-0.25, -0.2) is 0 Å². The second-order valence-corrected chi connectivity index (χ2v) is 10.6. The van der Waals surface area contributed by atoms with Crippen LogP contribution in [0.25, 0.3) is 22.1 Å². The molecule has 176 valence electrons. The maximum Gasteiger partial charge on any atom is 0.287 e. The predicted molar refractivity (Wildman–Crippen MR) is 130 cm³/mol. The third-order valence-electron chi connectivity index (χ3n) is 5.92. The van der Waals surface area contributed by atoms with Gasteiger partial charge in [-0.05, 0) is 83.9 Å². The smallest absolute Gasteiger partial charge is 0.287 e. The van der Waals surface area contributed by atoms with Crippen molar-refractivity contribution in [3.63, 3.8) is 0 Å². The number of benzene rings is 2. The molecule has 7 nitrogen and oxygen atoms in total. The van der Waals surface area contributed by atoms with Crippen LogP contribution in [0.2, 0.25) is 0 Å². The van der Waals surface area contributed by atoms with Crippen LogP contribution in [-0.2, 0) is 16.0 Å². The van der Waals surface area contributed by atoms with E-state index >= 15 is 0 Å². The summed E-state index contributed by atoms with van der Waals surface area (Å²) in [7, 11) is 0. The van der Waals surface area contributed by atoms with Crippen molar-refractivity contribution in [2.24, 2.45) is 5.92 Å². The molecule has 2 amide bonds. The normalized spacial score (nSPS) is 16.0. The van der Waals surface area contributed by atoms with E-state index in [1.807, 2.05) is 56.3 Å². The molecule has 1 aromatic heterocycles. The van der Waals surface area contributed by atoms with Crippen molar-refractivity contribution >= 4 is 34.0 Å². The second kappa shape index (κ2) is 9.53. The number of rotatable bonds is 8. The first kappa shape index (κ1) is 23.9. The number of furan rings is 1. The van der Waals surface area contributed by atoms with E-state index in [1.54, 1.807) is 12.3 Å². The van der Waals surface area contributed by atoms with Gasteiger partial charge in [0.2, 0.25) is 5.91 Å². The molecule has 1 aliphatic carbocycles. The van der Waals surface area contributed by atoms with E-state index < -0.39 is 28.7 Å². The molecule has 0 aliphatic heterocycles. The van der Waals surface area contributed by atoms with Gasteiger partial charge in [0.15, 0.2) is 10.7 Å². The van der Waals surface area contributed by atoms with E-state index in [1.165, 1.54) is 0 Å². The van der Waals surface area contributed by atoms with Crippen LogP contribution in [0.5, 0.6) is 0 Å². The minimum atomic E-state index is -1.04. The van der Waals surface area contributed by atoms with Crippen LogP contribution in [0.3, 0.4) is 0 Å². The van der Waals surface area contributed by atoms with Crippen LogP contribution in [-0.4, -0.2) is 34.2 Å². The largest absolute Gasteiger partial charge is 0.612 e. The number of fused-ring (bicyclic) bond motifs is 1. The number of nitrogens with zero attached hydrogens (tertiary/aromatic N) is 1. The number of nitrogens with one attached hydrogen (secondary N) is 2. The van der Waals surface area contributed by atoms with Gasteiger partial charge in [-0.1, -0.05) is 26.0 Å². The van der Waals surface area contributed by atoms with Crippen molar-refractivity contribution in [1.29, 1.82) is 5.26 Å². The van der Waals surface area contributed by atoms with Gasteiger partial charge in [0.25, 0.3) is 5.91 Å². The summed E-state index contributed by atoms with van der Waals surface area (Å²) in [6, 6.07) is 16.2. The highest BCUT2D eigenvalue weighted by Crippen LogP contribution is 2.34. The highest BCUT2D eigenvalue weighted by molar-refractivity contribution is 7.90. The van der Waals surface area contributed by atoms with Gasteiger partial charge in [0, 0.05) is 5.39 Å². The Morgan fingerprint density at radius 2 is 1.82 bits per heavy atom. The molecular weight excluding hydrogens is 450 g/mol. The molecule has 1 aliphatic rings. The summed E-state index contributed by atoms with van der Waals surface area (Å²) in [4.78, 5) is 26.5. The first-order valence-corrected chi connectivity index (χ1v) is 12.8. The second-order valence-electron chi connectivity index (χ2n) is 9.18. The van der Waals surface area contributed by atoms with E-state index in [9.17, 15) is 19.4 Å². The van der Waals surface area contributed by atoms with Gasteiger partial charge in [-0.15, -0.1) is 0 Å². The van der Waals surface area contributed by atoms with Crippen molar-refractivity contribution < 1.29 is 18.6 Å². The van der Waals surface area contributed by atoms with Gasteiger partial charge >= 0.3 is 0 Å². The molecular formula is C26H27N3O4S. The third kappa shape index (κ3) is 5.27. The van der Waals surface area contributed by atoms with E-state index in [4.69, 9.17) is 4.42 Å². The molecule has 1 heterocycles. The number of amides is 2. The average Bonchev–Trinajstić information content (AvgIpc) is 3.45. The maximum atomic E-state index is 12.9. The molecule has 2 aromatic carbocycles. The van der Waals surface area contributed by atoms with E-state index in [0.29, 0.717) is 24.8 Å². The summed E-state index contributed by atoms with van der Waals surface area (Å²) < 4.78 is 17.4. The van der Waals surface area contributed by atoms with E-state index in [2.05, 4.69) is 16.7 Å². The highest BCUT2D eigenvalue weighted by Gasteiger charge is 2.45. The first-order chi connectivity index (χ1) is 16.2. The molecule has 34 heavy (non-hydrogen) atoms. The van der Waals surface area contributed by atoms with Crippen LogP contribution in [0.1, 0.15) is 43.7 Å². The number of carbonyl (C=O) groups excluding carboxylic acids is 2. The first-order valence-electron chi connectivity index (χ1n) is 11.2. The van der Waals surface area contributed by atoms with Crippen LogP contribution >= 0.6 is 0 Å². The molecule has 2 N–H and O–H groups in total. The highest BCUT2D eigenvalue weighted by atomic mass is 32.2. The van der Waals surface area contributed by atoms with E-state index in [-0.39, 0.29) is 17.6 Å². The molecule has 4 rings (SSSR count). The SMILES string of the molecule is CC(C)C[C@H](NC(=O)c1cc2ccc(-c3ccc([S+](C)[O-])cc3)cc2o1)C(=O)NC1(C#N)CC1. The van der Waals surface area contributed by atoms with Crippen molar-refractivity contribution in [2.75, 3.05) is 6.26 Å².